The van der Waals surface area contributed by atoms with Crippen LogP contribution in [0.1, 0.15) is 11.7 Å². The standard InChI is InChI=1S/C21H18O12/c22-7-2-1-6(3-8(7)23)12-5-11(26)13-9(24)4-10(25)14(18(13)32-12)19-16(28)15(27)17(29)20(33-19)21(30)31/h1-5,15-17,19-20,22-25,27-29H,(H,30,31)/t15-,16-,17+,19+,20+/m1/s1. The van der Waals surface area contributed by atoms with Gasteiger partial charge in [0.1, 0.15) is 47.1 Å². The molecule has 174 valence electrons. The summed E-state index contributed by atoms with van der Waals surface area (Å²) in [6, 6.07) is 5.22. The van der Waals surface area contributed by atoms with Gasteiger partial charge in [-0.3, -0.25) is 4.79 Å². The number of hydrogen-bond donors (Lipinski definition) is 8. The molecule has 33 heavy (non-hydrogen) atoms. The number of aromatic hydroxyl groups is 4. The van der Waals surface area contributed by atoms with Crippen LogP contribution >= 0.6 is 0 Å². The molecule has 3 aromatic rings. The zero-order valence-corrected chi connectivity index (χ0v) is 16.5. The topological polar surface area (TPSA) is 218 Å². The van der Waals surface area contributed by atoms with E-state index in [4.69, 9.17) is 9.15 Å². The van der Waals surface area contributed by atoms with Gasteiger partial charge in [0.2, 0.25) is 0 Å². The minimum atomic E-state index is -2.00. The molecule has 5 atom stereocenters. The number of fused-ring (bicyclic) bond motifs is 1. The molecule has 0 aliphatic carbocycles. The average Bonchev–Trinajstić information content (AvgIpc) is 2.74. The molecule has 1 aliphatic heterocycles. The van der Waals surface area contributed by atoms with Crippen molar-refractivity contribution in [2.75, 3.05) is 0 Å². The fourth-order valence-corrected chi connectivity index (χ4v) is 3.74. The van der Waals surface area contributed by atoms with Gasteiger partial charge >= 0.3 is 5.97 Å². The molecule has 12 nitrogen and oxygen atoms in total. The Morgan fingerprint density at radius 3 is 2.15 bits per heavy atom. The Hall–Kier alpha value is -3.84. The first kappa shape index (κ1) is 22.4. The van der Waals surface area contributed by atoms with Crippen molar-refractivity contribution in [1.29, 1.82) is 0 Å². The second kappa shape index (κ2) is 7.94. The van der Waals surface area contributed by atoms with Gasteiger partial charge in [0, 0.05) is 17.7 Å². The van der Waals surface area contributed by atoms with Gasteiger partial charge in [-0.05, 0) is 18.2 Å². The molecule has 1 aromatic heterocycles. The van der Waals surface area contributed by atoms with E-state index in [0.717, 1.165) is 24.3 Å². The van der Waals surface area contributed by atoms with Crippen molar-refractivity contribution >= 4 is 16.9 Å². The number of ether oxygens (including phenoxy) is 1. The summed E-state index contributed by atoms with van der Waals surface area (Å²) in [4.78, 5) is 24.2. The maximum Gasteiger partial charge on any atom is 0.335 e. The number of rotatable bonds is 3. The molecule has 1 fully saturated rings. The van der Waals surface area contributed by atoms with E-state index in [0.29, 0.717) is 0 Å². The molecule has 12 heteroatoms. The SMILES string of the molecule is O=C(O)[C@H]1O[C@@H](c2c(O)cc(O)c3c(=O)cc(-c4ccc(O)c(O)c4)oc23)[C@H](O)[C@@H](O)[C@@H]1O. The first-order valence-electron chi connectivity index (χ1n) is 9.48. The number of benzene rings is 2. The van der Waals surface area contributed by atoms with Gasteiger partial charge in [0.05, 0.1) is 5.56 Å². The molecule has 2 heterocycles. The van der Waals surface area contributed by atoms with E-state index in [1.54, 1.807) is 0 Å². The highest BCUT2D eigenvalue weighted by Crippen LogP contribution is 2.44. The van der Waals surface area contributed by atoms with Crippen LogP contribution in [0.15, 0.2) is 39.5 Å². The summed E-state index contributed by atoms with van der Waals surface area (Å²) in [7, 11) is 0. The van der Waals surface area contributed by atoms with E-state index in [2.05, 4.69) is 0 Å². The number of aliphatic carboxylic acids is 1. The number of aliphatic hydroxyl groups excluding tert-OH is 3. The third-order valence-electron chi connectivity index (χ3n) is 5.40. The van der Waals surface area contributed by atoms with Crippen molar-refractivity contribution in [3.05, 3.63) is 46.1 Å². The number of phenols is 4. The van der Waals surface area contributed by atoms with Crippen LogP contribution in [0.2, 0.25) is 0 Å². The van der Waals surface area contributed by atoms with Gasteiger partial charge in [-0.25, -0.2) is 4.79 Å². The van der Waals surface area contributed by atoms with Crippen molar-refractivity contribution in [3.8, 4) is 34.3 Å². The summed E-state index contributed by atoms with van der Waals surface area (Å²) in [5, 5.41) is 79.3. The molecular formula is C21H18O12. The molecule has 8 N–H and O–H groups in total. The molecular weight excluding hydrogens is 444 g/mol. The Morgan fingerprint density at radius 2 is 1.52 bits per heavy atom. The van der Waals surface area contributed by atoms with Crippen molar-refractivity contribution in [2.24, 2.45) is 0 Å². The van der Waals surface area contributed by atoms with Crippen LogP contribution in [0.5, 0.6) is 23.0 Å². The van der Waals surface area contributed by atoms with Gasteiger partial charge < -0.3 is 50.0 Å². The van der Waals surface area contributed by atoms with E-state index in [1.165, 1.54) is 6.07 Å². The molecule has 0 bridgehead atoms. The monoisotopic (exact) mass is 462 g/mol. The third kappa shape index (κ3) is 3.60. The number of aliphatic hydroxyl groups is 3. The van der Waals surface area contributed by atoms with E-state index in [-0.39, 0.29) is 11.3 Å². The van der Waals surface area contributed by atoms with Crippen LogP contribution in [0.4, 0.5) is 0 Å². The fraction of sp³-hybridized carbons (Fsp3) is 0.238. The van der Waals surface area contributed by atoms with Crippen molar-refractivity contribution in [2.45, 2.75) is 30.5 Å². The highest BCUT2D eigenvalue weighted by molar-refractivity contribution is 5.89. The van der Waals surface area contributed by atoms with Gasteiger partial charge in [-0.15, -0.1) is 0 Å². The molecule has 2 aromatic carbocycles. The van der Waals surface area contributed by atoms with Crippen LogP contribution < -0.4 is 5.43 Å². The van der Waals surface area contributed by atoms with Crippen molar-refractivity contribution < 1.29 is 54.8 Å². The highest BCUT2D eigenvalue weighted by Gasteiger charge is 2.49. The number of carboxylic acid groups (broad SMARTS) is 1. The second-order valence-corrected chi connectivity index (χ2v) is 7.50. The summed E-state index contributed by atoms with van der Waals surface area (Å²) in [6.45, 7) is 0. The molecule has 0 saturated carbocycles. The molecule has 0 radical (unpaired) electrons. The maximum atomic E-state index is 12.8. The summed E-state index contributed by atoms with van der Waals surface area (Å²) < 4.78 is 10.9. The second-order valence-electron chi connectivity index (χ2n) is 7.50. The fourth-order valence-electron chi connectivity index (χ4n) is 3.74. The number of phenolic OH excluding ortho intramolecular Hbond substituents is 4. The molecule has 0 unspecified atom stereocenters. The van der Waals surface area contributed by atoms with Crippen LogP contribution in [0, 0.1) is 0 Å². The predicted molar refractivity (Wildman–Crippen MR) is 108 cm³/mol. The minimum absolute atomic E-state index is 0.113. The molecule has 0 amide bonds. The smallest absolute Gasteiger partial charge is 0.335 e. The van der Waals surface area contributed by atoms with Crippen LogP contribution in [0.25, 0.3) is 22.3 Å². The predicted octanol–water partition coefficient (Wildman–Crippen LogP) is -0.110. The van der Waals surface area contributed by atoms with Gasteiger partial charge in [-0.2, -0.15) is 0 Å². The zero-order chi connectivity index (χ0) is 24.2. The van der Waals surface area contributed by atoms with Gasteiger partial charge in [-0.1, -0.05) is 0 Å². The van der Waals surface area contributed by atoms with Crippen LogP contribution in [-0.2, 0) is 9.53 Å². The van der Waals surface area contributed by atoms with Gasteiger partial charge in [0.15, 0.2) is 28.6 Å². The van der Waals surface area contributed by atoms with Crippen LogP contribution in [0.3, 0.4) is 0 Å². The lowest BCUT2D eigenvalue weighted by Crippen LogP contribution is -2.56. The molecule has 1 saturated heterocycles. The van der Waals surface area contributed by atoms with E-state index >= 15 is 0 Å². The number of carbonyl (C=O) groups is 1. The lowest BCUT2D eigenvalue weighted by Gasteiger charge is -2.39. The molecule has 0 spiro atoms. The summed E-state index contributed by atoms with van der Waals surface area (Å²) in [5.74, 6) is -4.27. The summed E-state index contributed by atoms with van der Waals surface area (Å²) in [6.07, 6.45) is -9.75. The Bertz CT molecular complexity index is 1310. The third-order valence-corrected chi connectivity index (χ3v) is 5.40. The normalized spacial score (nSPS) is 25.2. The highest BCUT2D eigenvalue weighted by atomic mass is 16.6. The van der Waals surface area contributed by atoms with Crippen LogP contribution in [-0.4, -0.2) is 71.2 Å². The summed E-state index contributed by atoms with van der Waals surface area (Å²) in [5.41, 5.74) is -1.66. The van der Waals surface area contributed by atoms with E-state index in [1.807, 2.05) is 0 Å². The Balaban J connectivity index is 1.98. The maximum absolute atomic E-state index is 12.8. The van der Waals surface area contributed by atoms with Gasteiger partial charge in [0.25, 0.3) is 0 Å². The minimum Gasteiger partial charge on any atom is -0.507 e. The Kier molecular flexibility index (Phi) is 5.38. The Morgan fingerprint density at radius 1 is 0.818 bits per heavy atom. The molecule has 1 aliphatic rings. The zero-order valence-electron chi connectivity index (χ0n) is 16.5. The van der Waals surface area contributed by atoms with Crippen molar-refractivity contribution in [1.82, 2.24) is 0 Å². The quantitative estimate of drug-likeness (QED) is 0.239. The largest absolute Gasteiger partial charge is 0.507 e. The molecule has 4 rings (SSSR count). The number of carboxylic acids is 1. The summed E-state index contributed by atoms with van der Waals surface area (Å²) >= 11 is 0. The first-order chi connectivity index (χ1) is 15.5. The lowest BCUT2D eigenvalue weighted by molar-refractivity contribution is -0.229. The number of hydrogen-bond acceptors (Lipinski definition) is 11. The Labute approximate surface area is 183 Å². The van der Waals surface area contributed by atoms with E-state index < -0.39 is 81.4 Å². The van der Waals surface area contributed by atoms with E-state index in [9.17, 15) is 50.4 Å². The lowest BCUT2D eigenvalue weighted by atomic mass is 9.89. The van der Waals surface area contributed by atoms with Crippen molar-refractivity contribution in [3.63, 3.8) is 0 Å². The average molecular weight is 462 g/mol. The first-order valence-corrected chi connectivity index (χ1v) is 9.48.